The van der Waals surface area contributed by atoms with Gasteiger partial charge in [0, 0.05) is 11.9 Å². The van der Waals surface area contributed by atoms with Crippen LogP contribution in [0.5, 0.6) is 11.5 Å². The molecule has 0 spiro atoms. The molecule has 0 bridgehead atoms. The summed E-state index contributed by atoms with van der Waals surface area (Å²) in [6.45, 7) is 1.78. The maximum Gasteiger partial charge on any atom is 0.238 e. The molecule has 0 saturated heterocycles. The number of benzene rings is 1. The molecule has 0 atom stereocenters. The Kier molecular flexibility index (Phi) is 5.16. The van der Waals surface area contributed by atoms with Gasteiger partial charge in [0.2, 0.25) is 16.0 Å². The van der Waals surface area contributed by atoms with Gasteiger partial charge in [-0.3, -0.25) is 4.72 Å². The Bertz CT molecular complexity index is 717. The lowest BCUT2D eigenvalue weighted by molar-refractivity contribution is 0.340. The van der Waals surface area contributed by atoms with E-state index in [1.807, 2.05) is 0 Å². The third kappa shape index (κ3) is 4.88. The number of aromatic nitrogens is 2. The summed E-state index contributed by atoms with van der Waals surface area (Å²) in [6, 6.07) is 8.58. The molecule has 0 unspecified atom stereocenters. The van der Waals surface area contributed by atoms with E-state index in [0.717, 1.165) is 0 Å². The van der Waals surface area contributed by atoms with E-state index in [1.54, 1.807) is 44.4 Å². The number of sulfonamides is 1. The van der Waals surface area contributed by atoms with E-state index in [1.165, 1.54) is 6.20 Å². The van der Waals surface area contributed by atoms with Crippen molar-refractivity contribution in [3.8, 4) is 11.5 Å². The van der Waals surface area contributed by atoms with Crippen LogP contribution in [0.3, 0.4) is 0 Å². The van der Waals surface area contributed by atoms with E-state index in [-0.39, 0.29) is 18.3 Å². The Morgan fingerprint density at radius 3 is 2.45 bits per heavy atom. The standard InChI is InChI=1S/C14H17N3O4S/c1-11-7-8-15-14(16-11)17-22(18,19)10-9-21-13-5-3-12(20-2)4-6-13/h3-8H,9-10H2,1-2H3,(H,15,16,17). The summed E-state index contributed by atoms with van der Waals surface area (Å²) in [6.07, 6.45) is 1.49. The maximum absolute atomic E-state index is 11.9. The van der Waals surface area contributed by atoms with Crippen LogP contribution in [-0.2, 0) is 10.0 Å². The summed E-state index contributed by atoms with van der Waals surface area (Å²) in [5.41, 5.74) is 0.683. The first kappa shape index (κ1) is 16.0. The van der Waals surface area contributed by atoms with E-state index in [0.29, 0.717) is 17.2 Å². The fourth-order valence-corrected chi connectivity index (χ4v) is 2.41. The van der Waals surface area contributed by atoms with Crippen LogP contribution in [0.1, 0.15) is 5.69 Å². The molecule has 8 heteroatoms. The topological polar surface area (TPSA) is 90.4 Å². The number of ether oxygens (including phenoxy) is 2. The van der Waals surface area contributed by atoms with Crippen molar-refractivity contribution in [2.45, 2.75) is 6.92 Å². The number of nitrogens with one attached hydrogen (secondary N) is 1. The largest absolute Gasteiger partial charge is 0.497 e. The first-order valence-corrected chi connectivity index (χ1v) is 8.21. The predicted molar refractivity (Wildman–Crippen MR) is 82.7 cm³/mol. The normalized spacial score (nSPS) is 11.0. The summed E-state index contributed by atoms with van der Waals surface area (Å²) < 4.78 is 36.6. The highest BCUT2D eigenvalue weighted by atomic mass is 32.2. The van der Waals surface area contributed by atoms with E-state index in [4.69, 9.17) is 9.47 Å². The molecule has 1 N–H and O–H groups in total. The molecule has 1 aromatic heterocycles. The second-order valence-corrected chi connectivity index (χ2v) is 6.31. The average molecular weight is 323 g/mol. The van der Waals surface area contributed by atoms with Crippen LogP contribution < -0.4 is 14.2 Å². The minimum Gasteiger partial charge on any atom is -0.497 e. The average Bonchev–Trinajstić information content (AvgIpc) is 2.47. The van der Waals surface area contributed by atoms with Crippen LogP contribution in [0.25, 0.3) is 0 Å². The minimum absolute atomic E-state index is 0.0213. The number of rotatable bonds is 7. The van der Waals surface area contributed by atoms with Gasteiger partial charge in [0.05, 0.1) is 7.11 Å². The third-order valence-electron chi connectivity index (χ3n) is 2.72. The summed E-state index contributed by atoms with van der Waals surface area (Å²) in [7, 11) is -1.99. The molecule has 7 nitrogen and oxygen atoms in total. The van der Waals surface area contributed by atoms with Crippen molar-refractivity contribution in [1.29, 1.82) is 0 Å². The van der Waals surface area contributed by atoms with Crippen LogP contribution in [0.15, 0.2) is 36.5 Å². The van der Waals surface area contributed by atoms with Gasteiger partial charge in [0.1, 0.15) is 23.9 Å². The highest BCUT2D eigenvalue weighted by Gasteiger charge is 2.12. The van der Waals surface area contributed by atoms with Crippen LogP contribution >= 0.6 is 0 Å². The first-order chi connectivity index (χ1) is 10.5. The van der Waals surface area contributed by atoms with Gasteiger partial charge in [-0.2, -0.15) is 0 Å². The number of hydrogen-bond donors (Lipinski definition) is 1. The van der Waals surface area contributed by atoms with Gasteiger partial charge in [-0.05, 0) is 37.3 Å². The minimum atomic E-state index is -3.56. The van der Waals surface area contributed by atoms with Gasteiger partial charge >= 0.3 is 0 Å². The molecular weight excluding hydrogens is 306 g/mol. The summed E-state index contributed by atoms with van der Waals surface area (Å²) in [4.78, 5) is 7.84. The van der Waals surface area contributed by atoms with Gasteiger partial charge < -0.3 is 9.47 Å². The molecule has 2 aromatic rings. The molecule has 22 heavy (non-hydrogen) atoms. The second-order valence-electron chi connectivity index (χ2n) is 4.47. The molecule has 0 aliphatic carbocycles. The molecule has 0 saturated carbocycles. The van der Waals surface area contributed by atoms with Gasteiger partial charge in [-0.25, -0.2) is 18.4 Å². The zero-order chi connectivity index (χ0) is 16.0. The molecule has 118 valence electrons. The number of anilines is 1. The molecule has 0 fully saturated rings. The molecule has 1 aromatic carbocycles. The Morgan fingerprint density at radius 1 is 1.14 bits per heavy atom. The predicted octanol–water partition coefficient (Wildman–Crippen LogP) is 1.61. The lowest BCUT2D eigenvalue weighted by Gasteiger charge is -2.09. The van der Waals surface area contributed by atoms with E-state index >= 15 is 0 Å². The molecule has 0 radical (unpaired) electrons. The van der Waals surface area contributed by atoms with Gasteiger partial charge in [-0.15, -0.1) is 0 Å². The zero-order valence-electron chi connectivity index (χ0n) is 12.3. The Labute approximate surface area is 129 Å². The third-order valence-corrected chi connectivity index (χ3v) is 3.92. The van der Waals surface area contributed by atoms with Crippen LogP contribution in [0.2, 0.25) is 0 Å². The molecular formula is C14H17N3O4S. The summed E-state index contributed by atoms with van der Waals surface area (Å²) in [5, 5.41) is 0. The maximum atomic E-state index is 11.9. The van der Waals surface area contributed by atoms with Crippen molar-refractivity contribution >= 4 is 16.0 Å². The van der Waals surface area contributed by atoms with Crippen molar-refractivity contribution in [1.82, 2.24) is 9.97 Å². The van der Waals surface area contributed by atoms with Crippen molar-refractivity contribution in [2.24, 2.45) is 0 Å². The van der Waals surface area contributed by atoms with Gasteiger partial charge in [0.15, 0.2) is 0 Å². The van der Waals surface area contributed by atoms with Gasteiger partial charge in [0.25, 0.3) is 0 Å². The Balaban J connectivity index is 1.86. The smallest absolute Gasteiger partial charge is 0.238 e. The Morgan fingerprint density at radius 2 is 1.82 bits per heavy atom. The fraction of sp³-hybridized carbons (Fsp3) is 0.286. The SMILES string of the molecule is COc1ccc(OCCS(=O)(=O)Nc2nccc(C)n2)cc1. The van der Waals surface area contributed by atoms with Crippen molar-refractivity contribution in [3.63, 3.8) is 0 Å². The van der Waals surface area contributed by atoms with E-state index in [2.05, 4.69) is 14.7 Å². The first-order valence-electron chi connectivity index (χ1n) is 6.55. The fourth-order valence-electron chi connectivity index (χ4n) is 1.63. The van der Waals surface area contributed by atoms with Gasteiger partial charge in [-0.1, -0.05) is 0 Å². The lowest BCUT2D eigenvalue weighted by atomic mass is 10.3. The van der Waals surface area contributed by atoms with Crippen molar-refractivity contribution in [2.75, 3.05) is 24.2 Å². The number of methoxy groups -OCH3 is 1. The zero-order valence-corrected chi connectivity index (χ0v) is 13.1. The number of aryl methyl sites for hydroxylation is 1. The molecule has 0 aliphatic rings. The summed E-state index contributed by atoms with van der Waals surface area (Å²) >= 11 is 0. The van der Waals surface area contributed by atoms with E-state index in [9.17, 15) is 8.42 Å². The van der Waals surface area contributed by atoms with Crippen LogP contribution in [0.4, 0.5) is 5.95 Å². The van der Waals surface area contributed by atoms with Crippen LogP contribution in [0, 0.1) is 6.92 Å². The highest BCUT2D eigenvalue weighted by molar-refractivity contribution is 7.92. The molecule has 0 amide bonds. The molecule has 1 heterocycles. The monoisotopic (exact) mass is 323 g/mol. The van der Waals surface area contributed by atoms with Crippen molar-refractivity contribution in [3.05, 3.63) is 42.2 Å². The van der Waals surface area contributed by atoms with E-state index < -0.39 is 10.0 Å². The van der Waals surface area contributed by atoms with Crippen LogP contribution in [-0.4, -0.2) is 37.9 Å². The quantitative estimate of drug-likeness (QED) is 0.832. The number of hydrogen-bond acceptors (Lipinski definition) is 6. The number of nitrogens with zero attached hydrogens (tertiary/aromatic N) is 2. The molecule has 2 rings (SSSR count). The second kappa shape index (κ2) is 7.08. The summed E-state index contributed by atoms with van der Waals surface area (Å²) in [5.74, 6) is 1.14. The molecule has 0 aliphatic heterocycles. The lowest BCUT2D eigenvalue weighted by Crippen LogP contribution is -2.22. The Hall–Kier alpha value is -2.35. The van der Waals surface area contributed by atoms with Crippen molar-refractivity contribution < 1.29 is 17.9 Å². The highest BCUT2D eigenvalue weighted by Crippen LogP contribution is 2.17.